The van der Waals surface area contributed by atoms with Crippen molar-refractivity contribution in [3.05, 3.63) is 28.2 Å². The molecule has 1 aromatic carbocycles. The molecule has 1 aliphatic heterocycles. The minimum atomic E-state index is 0.00300. The molecule has 0 spiro atoms. The normalized spacial score (nSPS) is 19.3. The molecule has 1 amide bonds. The summed E-state index contributed by atoms with van der Waals surface area (Å²) < 4.78 is 5.47. The number of carbonyl (C=O) groups is 1. The van der Waals surface area contributed by atoms with Gasteiger partial charge in [-0.05, 0) is 38.3 Å². The van der Waals surface area contributed by atoms with Gasteiger partial charge >= 0.3 is 0 Å². The van der Waals surface area contributed by atoms with Crippen molar-refractivity contribution >= 4 is 29.1 Å². The average Bonchev–Trinajstić information content (AvgIpc) is 2.40. The van der Waals surface area contributed by atoms with Crippen LogP contribution in [0.15, 0.2) is 18.2 Å². The van der Waals surface area contributed by atoms with E-state index < -0.39 is 0 Å². The number of ether oxygens (including phenoxy) is 1. The van der Waals surface area contributed by atoms with Gasteiger partial charge in [-0.3, -0.25) is 4.79 Å². The van der Waals surface area contributed by atoms with E-state index in [-0.39, 0.29) is 12.5 Å². The van der Waals surface area contributed by atoms with E-state index in [0.29, 0.717) is 21.8 Å². The van der Waals surface area contributed by atoms with Crippen molar-refractivity contribution in [1.82, 2.24) is 4.90 Å². The summed E-state index contributed by atoms with van der Waals surface area (Å²) in [7, 11) is 0. The lowest BCUT2D eigenvalue weighted by atomic mass is 10.0. The molecular weight excluding hydrogens is 285 g/mol. The fourth-order valence-corrected chi connectivity index (χ4v) is 2.63. The fourth-order valence-electron chi connectivity index (χ4n) is 2.29. The Labute approximate surface area is 123 Å². The van der Waals surface area contributed by atoms with Crippen LogP contribution in [-0.2, 0) is 4.79 Å². The monoisotopic (exact) mass is 301 g/mol. The summed E-state index contributed by atoms with van der Waals surface area (Å²) in [5, 5.41) is 0.779. The van der Waals surface area contributed by atoms with E-state index >= 15 is 0 Å². The van der Waals surface area contributed by atoms with Crippen LogP contribution in [0.1, 0.15) is 26.2 Å². The second-order valence-electron chi connectivity index (χ2n) is 4.77. The molecule has 5 heteroatoms. The van der Waals surface area contributed by atoms with Gasteiger partial charge in [0.1, 0.15) is 10.8 Å². The summed E-state index contributed by atoms with van der Waals surface area (Å²) in [6, 6.07) is 5.43. The van der Waals surface area contributed by atoms with Crippen molar-refractivity contribution in [2.45, 2.75) is 32.2 Å². The van der Waals surface area contributed by atoms with E-state index in [4.69, 9.17) is 27.9 Å². The lowest BCUT2D eigenvalue weighted by Crippen LogP contribution is -2.44. The second-order valence-corrected chi connectivity index (χ2v) is 5.56. The molecule has 1 unspecified atom stereocenters. The lowest BCUT2D eigenvalue weighted by molar-refractivity contribution is -0.136. The molecule has 0 N–H and O–H groups in total. The van der Waals surface area contributed by atoms with E-state index in [2.05, 4.69) is 6.92 Å². The zero-order valence-electron chi connectivity index (χ0n) is 10.9. The number of halogens is 2. The van der Waals surface area contributed by atoms with Crippen molar-refractivity contribution in [2.24, 2.45) is 0 Å². The largest absolute Gasteiger partial charge is 0.482 e. The number of piperidine rings is 1. The molecule has 0 radical (unpaired) electrons. The highest BCUT2D eigenvalue weighted by molar-refractivity contribution is 6.42. The van der Waals surface area contributed by atoms with Crippen LogP contribution in [0.25, 0.3) is 0 Å². The topological polar surface area (TPSA) is 29.5 Å². The number of benzene rings is 1. The number of amides is 1. The minimum absolute atomic E-state index is 0.00300. The van der Waals surface area contributed by atoms with Crippen LogP contribution in [0, 0.1) is 0 Å². The Morgan fingerprint density at radius 2 is 2.21 bits per heavy atom. The van der Waals surface area contributed by atoms with Crippen LogP contribution in [-0.4, -0.2) is 30.0 Å². The predicted molar refractivity (Wildman–Crippen MR) is 77.0 cm³/mol. The van der Waals surface area contributed by atoms with Crippen LogP contribution >= 0.6 is 23.2 Å². The van der Waals surface area contributed by atoms with Gasteiger partial charge in [-0.2, -0.15) is 0 Å². The van der Waals surface area contributed by atoms with E-state index in [0.717, 1.165) is 19.4 Å². The first-order valence-corrected chi connectivity index (χ1v) is 7.21. The van der Waals surface area contributed by atoms with E-state index in [1.165, 1.54) is 6.42 Å². The van der Waals surface area contributed by atoms with E-state index in [1.807, 2.05) is 4.90 Å². The maximum atomic E-state index is 12.1. The predicted octanol–water partition coefficient (Wildman–Crippen LogP) is 3.77. The quantitative estimate of drug-likeness (QED) is 0.850. The third-order valence-electron chi connectivity index (χ3n) is 3.39. The Hall–Kier alpha value is -0.930. The van der Waals surface area contributed by atoms with Gasteiger partial charge in [-0.1, -0.05) is 29.3 Å². The summed E-state index contributed by atoms with van der Waals surface area (Å²) in [5.74, 6) is 0.454. The smallest absolute Gasteiger partial charge is 0.260 e. The van der Waals surface area contributed by atoms with Gasteiger partial charge in [0.25, 0.3) is 5.91 Å². The summed E-state index contributed by atoms with van der Waals surface area (Å²) in [6.45, 7) is 2.89. The molecule has 1 fully saturated rings. The highest BCUT2D eigenvalue weighted by atomic mass is 35.5. The van der Waals surface area contributed by atoms with Crippen molar-refractivity contribution in [2.75, 3.05) is 13.2 Å². The maximum Gasteiger partial charge on any atom is 0.260 e. The first kappa shape index (κ1) is 14.5. The van der Waals surface area contributed by atoms with E-state index in [1.54, 1.807) is 18.2 Å². The Kier molecular flexibility index (Phi) is 4.94. The molecule has 1 aliphatic rings. The number of hydrogen-bond acceptors (Lipinski definition) is 2. The first-order valence-electron chi connectivity index (χ1n) is 6.46. The number of carbonyl (C=O) groups excluding carboxylic acids is 1. The van der Waals surface area contributed by atoms with Gasteiger partial charge in [0.2, 0.25) is 0 Å². The molecule has 1 aromatic rings. The molecule has 19 heavy (non-hydrogen) atoms. The van der Waals surface area contributed by atoms with Crippen LogP contribution in [0.5, 0.6) is 5.75 Å². The molecule has 1 saturated heterocycles. The Balaban J connectivity index is 1.94. The highest BCUT2D eigenvalue weighted by Gasteiger charge is 2.23. The zero-order chi connectivity index (χ0) is 13.8. The third kappa shape index (κ3) is 3.54. The fraction of sp³-hybridized carbons (Fsp3) is 0.500. The number of nitrogens with zero attached hydrogens (tertiary/aromatic N) is 1. The molecule has 0 saturated carbocycles. The maximum absolute atomic E-state index is 12.1. The van der Waals surface area contributed by atoms with Crippen LogP contribution < -0.4 is 4.74 Å². The summed E-state index contributed by atoms with van der Waals surface area (Å²) >= 11 is 11.9. The van der Waals surface area contributed by atoms with Crippen molar-refractivity contribution in [3.8, 4) is 5.75 Å². The second kappa shape index (κ2) is 6.49. The van der Waals surface area contributed by atoms with Gasteiger partial charge in [-0.15, -0.1) is 0 Å². The van der Waals surface area contributed by atoms with Crippen molar-refractivity contribution < 1.29 is 9.53 Å². The lowest BCUT2D eigenvalue weighted by Gasteiger charge is -2.33. The standard InChI is InChI=1S/C14H17Cl2NO2/c1-10-5-2-3-8-17(10)13(18)9-19-12-7-4-6-11(15)14(12)16/h4,6-7,10H,2-3,5,8-9H2,1H3. The molecule has 1 heterocycles. The molecule has 3 nitrogen and oxygen atoms in total. The average molecular weight is 302 g/mol. The molecule has 0 bridgehead atoms. The third-order valence-corrected chi connectivity index (χ3v) is 4.19. The van der Waals surface area contributed by atoms with Crippen molar-refractivity contribution in [3.63, 3.8) is 0 Å². The Bertz CT molecular complexity index is 465. The summed E-state index contributed by atoms with van der Waals surface area (Å²) in [6.07, 6.45) is 3.31. The van der Waals surface area contributed by atoms with Gasteiger partial charge in [0.15, 0.2) is 6.61 Å². The molecule has 0 aromatic heterocycles. The van der Waals surface area contributed by atoms with Gasteiger partial charge in [0, 0.05) is 12.6 Å². The molecule has 1 atom stereocenters. The number of likely N-dealkylation sites (tertiary alicyclic amines) is 1. The summed E-state index contributed by atoms with van der Waals surface area (Å²) in [4.78, 5) is 14.0. The SMILES string of the molecule is CC1CCCCN1C(=O)COc1cccc(Cl)c1Cl. The molecule has 104 valence electrons. The first-order chi connectivity index (χ1) is 9.09. The van der Waals surface area contributed by atoms with Crippen LogP contribution in [0.2, 0.25) is 10.0 Å². The molecular formula is C14H17Cl2NO2. The van der Waals surface area contributed by atoms with Crippen molar-refractivity contribution in [1.29, 1.82) is 0 Å². The zero-order valence-corrected chi connectivity index (χ0v) is 12.4. The number of hydrogen-bond donors (Lipinski definition) is 0. The van der Waals surface area contributed by atoms with Gasteiger partial charge < -0.3 is 9.64 Å². The minimum Gasteiger partial charge on any atom is -0.482 e. The number of rotatable bonds is 3. The van der Waals surface area contributed by atoms with Crippen LogP contribution in [0.4, 0.5) is 0 Å². The molecule has 0 aliphatic carbocycles. The Morgan fingerprint density at radius 3 is 2.95 bits per heavy atom. The van der Waals surface area contributed by atoms with E-state index in [9.17, 15) is 4.79 Å². The van der Waals surface area contributed by atoms with Gasteiger partial charge in [0.05, 0.1) is 5.02 Å². The Morgan fingerprint density at radius 1 is 1.42 bits per heavy atom. The highest BCUT2D eigenvalue weighted by Crippen LogP contribution is 2.31. The summed E-state index contributed by atoms with van der Waals surface area (Å²) in [5.41, 5.74) is 0. The van der Waals surface area contributed by atoms with Gasteiger partial charge in [-0.25, -0.2) is 0 Å². The molecule has 2 rings (SSSR count). The van der Waals surface area contributed by atoms with Crippen LogP contribution in [0.3, 0.4) is 0 Å².